The van der Waals surface area contributed by atoms with Crippen LogP contribution in [0.5, 0.6) is 0 Å². The molecule has 3 heteroatoms. The molecule has 1 unspecified atom stereocenters. The van der Waals surface area contributed by atoms with Crippen LogP contribution in [0.15, 0.2) is 0 Å². The summed E-state index contributed by atoms with van der Waals surface area (Å²) in [6, 6.07) is 0.885. The van der Waals surface area contributed by atoms with Gasteiger partial charge in [0.2, 0.25) is 0 Å². The van der Waals surface area contributed by atoms with Gasteiger partial charge in [0.1, 0.15) is 0 Å². The first-order chi connectivity index (χ1) is 8.88. The van der Waals surface area contributed by atoms with E-state index < -0.39 is 0 Å². The molecule has 1 saturated heterocycles. The Balaban J connectivity index is 1.42. The maximum absolute atomic E-state index is 3.68. The van der Waals surface area contributed by atoms with Crippen LogP contribution >= 0.6 is 11.8 Å². The molecule has 0 amide bonds. The normalized spacial score (nSPS) is 24.8. The first-order valence-corrected chi connectivity index (χ1v) is 9.22. The second-order valence-corrected chi connectivity index (χ2v) is 7.03. The summed E-state index contributed by atoms with van der Waals surface area (Å²) in [5.41, 5.74) is 0. The molecule has 0 radical (unpaired) electrons. The van der Waals surface area contributed by atoms with Crippen LogP contribution in [-0.4, -0.2) is 49.1 Å². The predicted octanol–water partition coefficient (Wildman–Crippen LogP) is 2.98. The minimum atomic E-state index is 0.885. The van der Waals surface area contributed by atoms with Gasteiger partial charge in [0.05, 0.1) is 0 Å². The highest BCUT2D eigenvalue weighted by Gasteiger charge is 2.25. The Kier molecular flexibility index (Phi) is 6.88. The predicted molar refractivity (Wildman–Crippen MR) is 82.4 cm³/mol. The second kappa shape index (κ2) is 8.44. The average molecular weight is 270 g/mol. The van der Waals surface area contributed by atoms with Gasteiger partial charge in [-0.2, -0.15) is 11.8 Å². The Hall–Kier alpha value is 0.270. The molecule has 1 heterocycles. The van der Waals surface area contributed by atoms with Crippen molar-refractivity contribution in [2.24, 2.45) is 5.92 Å². The van der Waals surface area contributed by atoms with Gasteiger partial charge < -0.3 is 10.2 Å². The molecular weight excluding hydrogens is 240 g/mol. The molecule has 106 valence electrons. The lowest BCUT2D eigenvalue weighted by Crippen LogP contribution is -2.28. The molecule has 2 nitrogen and oxygen atoms in total. The third-order valence-electron chi connectivity index (χ3n) is 4.22. The summed E-state index contributed by atoms with van der Waals surface area (Å²) in [6.07, 6.45) is 12.2. The van der Waals surface area contributed by atoms with Crippen molar-refractivity contribution >= 4 is 11.8 Å². The molecule has 2 fully saturated rings. The van der Waals surface area contributed by atoms with Crippen molar-refractivity contribution in [1.29, 1.82) is 0 Å². The van der Waals surface area contributed by atoms with Crippen molar-refractivity contribution < 1.29 is 0 Å². The molecule has 0 aromatic rings. The molecule has 1 aliphatic carbocycles. The molecule has 0 spiro atoms. The number of hydrogen-bond acceptors (Lipinski definition) is 3. The zero-order valence-electron chi connectivity index (χ0n) is 12.0. The second-order valence-electron chi connectivity index (χ2n) is 6.04. The van der Waals surface area contributed by atoms with Crippen LogP contribution in [0.1, 0.15) is 44.9 Å². The van der Waals surface area contributed by atoms with Crippen molar-refractivity contribution in [2.45, 2.75) is 51.0 Å². The van der Waals surface area contributed by atoms with Crippen LogP contribution in [0.4, 0.5) is 0 Å². The van der Waals surface area contributed by atoms with Crippen LogP contribution in [-0.2, 0) is 0 Å². The van der Waals surface area contributed by atoms with Crippen molar-refractivity contribution in [3.63, 3.8) is 0 Å². The molecule has 1 atom stereocenters. The third kappa shape index (κ3) is 5.94. The fourth-order valence-corrected chi connectivity index (χ4v) is 3.33. The van der Waals surface area contributed by atoms with E-state index in [1.165, 1.54) is 76.9 Å². The van der Waals surface area contributed by atoms with E-state index in [4.69, 9.17) is 0 Å². The van der Waals surface area contributed by atoms with Crippen LogP contribution in [0.25, 0.3) is 0 Å². The van der Waals surface area contributed by atoms with Gasteiger partial charge in [-0.25, -0.2) is 0 Å². The molecule has 0 bridgehead atoms. The molecule has 1 N–H and O–H groups in total. The molecule has 2 aliphatic rings. The van der Waals surface area contributed by atoms with Crippen molar-refractivity contribution in [1.82, 2.24) is 10.2 Å². The number of likely N-dealkylation sites (tertiary alicyclic amines) is 1. The lowest BCUT2D eigenvalue weighted by molar-refractivity contribution is 0.312. The first-order valence-electron chi connectivity index (χ1n) is 7.83. The number of rotatable bonds is 10. The number of nitrogens with one attached hydrogen (secondary N) is 1. The maximum atomic E-state index is 3.68. The topological polar surface area (TPSA) is 15.3 Å². The van der Waals surface area contributed by atoms with E-state index in [0.717, 1.165) is 12.0 Å². The quantitative estimate of drug-likeness (QED) is 0.614. The van der Waals surface area contributed by atoms with E-state index in [1.54, 1.807) is 0 Å². The molecule has 0 aromatic heterocycles. The Morgan fingerprint density at radius 1 is 1.11 bits per heavy atom. The van der Waals surface area contributed by atoms with Crippen LogP contribution < -0.4 is 5.32 Å². The largest absolute Gasteiger partial charge is 0.314 e. The van der Waals surface area contributed by atoms with E-state index in [-0.39, 0.29) is 0 Å². The summed E-state index contributed by atoms with van der Waals surface area (Å²) >= 11 is 1.98. The Labute approximate surface area is 117 Å². The van der Waals surface area contributed by atoms with Crippen molar-refractivity contribution in [3.8, 4) is 0 Å². The number of unbranched alkanes of at least 4 members (excludes halogenated alkanes) is 3. The summed E-state index contributed by atoms with van der Waals surface area (Å²) in [5.74, 6) is 2.28. The highest BCUT2D eigenvalue weighted by molar-refractivity contribution is 7.98. The molecule has 2 rings (SSSR count). The summed E-state index contributed by atoms with van der Waals surface area (Å²) in [6.45, 7) is 5.32. The highest BCUT2D eigenvalue weighted by atomic mass is 32.2. The first kappa shape index (κ1) is 14.7. The van der Waals surface area contributed by atoms with E-state index in [0.29, 0.717) is 0 Å². The van der Waals surface area contributed by atoms with E-state index >= 15 is 0 Å². The summed E-state index contributed by atoms with van der Waals surface area (Å²) in [4.78, 5) is 2.69. The third-order valence-corrected chi connectivity index (χ3v) is 4.91. The van der Waals surface area contributed by atoms with Gasteiger partial charge in [-0.15, -0.1) is 0 Å². The van der Waals surface area contributed by atoms with Gasteiger partial charge in [-0.3, -0.25) is 0 Å². The highest BCUT2D eigenvalue weighted by Crippen LogP contribution is 2.21. The molecular formula is C15H30N2S. The fraction of sp³-hybridized carbons (Fsp3) is 1.00. The van der Waals surface area contributed by atoms with Gasteiger partial charge in [-0.05, 0) is 69.7 Å². The molecule has 0 aromatic carbocycles. The maximum Gasteiger partial charge on any atom is 0.00683 e. The lowest BCUT2D eigenvalue weighted by atomic mass is 10.1. The summed E-state index contributed by atoms with van der Waals surface area (Å²) in [5, 5.41) is 3.68. The number of thioether (sulfide) groups is 1. The van der Waals surface area contributed by atoms with Gasteiger partial charge in [0.15, 0.2) is 0 Å². The average Bonchev–Trinajstić information content (AvgIpc) is 3.11. The SMILES string of the molecule is CSCCCCCCN1CCC(CNC2CC2)C1. The fourth-order valence-electron chi connectivity index (χ4n) is 2.84. The van der Waals surface area contributed by atoms with Gasteiger partial charge in [0.25, 0.3) is 0 Å². The Morgan fingerprint density at radius 2 is 1.94 bits per heavy atom. The van der Waals surface area contributed by atoms with E-state index in [1.807, 2.05) is 11.8 Å². The zero-order chi connectivity index (χ0) is 12.6. The zero-order valence-corrected chi connectivity index (χ0v) is 12.8. The van der Waals surface area contributed by atoms with Crippen LogP contribution in [0.2, 0.25) is 0 Å². The monoisotopic (exact) mass is 270 g/mol. The summed E-state index contributed by atoms with van der Waals surface area (Å²) < 4.78 is 0. The van der Waals surface area contributed by atoms with Crippen molar-refractivity contribution in [2.75, 3.05) is 38.2 Å². The summed E-state index contributed by atoms with van der Waals surface area (Å²) in [7, 11) is 0. The number of nitrogens with zero attached hydrogens (tertiary/aromatic N) is 1. The van der Waals surface area contributed by atoms with Gasteiger partial charge in [0, 0.05) is 12.6 Å². The van der Waals surface area contributed by atoms with Crippen LogP contribution in [0, 0.1) is 5.92 Å². The van der Waals surface area contributed by atoms with E-state index in [9.17, 15) is 0 Å². The number of hydrogen-bond donors (Lipinski definition) is 1. The van der Waals surface area contributed by atoms with Gasteiger partial charge >= 0.3 is 0 Å². The Bertz CT molecular complexity index is 219. The molecule has 1 saturated carbocycles. The minimum Gasteiger partial charge on any atom is -0.314 e. The molecule has 18 heavy (non-hydrogen) atoms. The Morgan fingerprint density at radius 3 is 2.72 bits per heavy atom. The van der Waals surface area contributed by atoms with Crippen molar-refractivity contribution in [3.05, 3.63) is 0 Å². The molecule has 1 aliphatic heterocycles. The van der Waals surface area contributed by atoms with Crippen LogP contribution in [0.3, 0.4) is 0 Å². The van der Waals surface area contributed by atoms with E-state index in [2.05, 4.69) is 16.5 Å². The smallest absolute Gasteiger partial charge is 0.00683 e. The lowest BCUT2D eigenvalue weighted by Gasteiger charge is -2.16. The van der Waals surface area contributed by atoms with Gasteiger partial charge in [-0.1, -0.05) is 12.8 Å². The minimum absolute atomic E-state index is 0.885. The standard InChI is InChI=1S/C15H30N2S/c1-18-11-5-3-2-4-9-17-10-8-14(13-17)12-16-15-6-7-15/h14-16H,2-13H2,1H3.